The van der Waals surface area contributed by atoms with Crippen molar-refractivity contribution in [2.24, 2.45) is 5.73 Å². The molecule has 0 saturated carbocycles. The first kappa shape index (κ1) is 15.2. The number of rotatable bonds is 6. The van der Waals surface area contributed by atoms with Gasteiger partial charge in [0.2, 0.25) is 0 Å². The fourth-order valence-corrected chi connectivity index (χ4v) is 2.17. The van der Waals surface area contributed by atoms with Gasteiger partial charge in [0.25, 0.3) is 11.8 Å². The van der Waals surface area contributed by atoms with Crippen LogP contribution in [0.15, 0.2) is 24.3 Å². The van der Waals surface area contributed by atoms with Gasteiger partial charge < -0.3 is 21.1 Å². The normalized spacial score (nSPS) is 21.0. The first-order chi connectivity index (χ1) is 10.1. The maximum atomic E-state index is 13.0. The highest BCUT2D eigenvalue weighted by Crippen LogP contribution is 2.18. The van der Waals surface area contributed by atoms with Gasteiger partial charge in [-0.3, -0.25) is 9.59 Å². The second-order valence-corrected chi connectivity index (χ2v) is 4.90. The van der Waals surface area contributed by atoms with E-state index in [-0.39, 0.29) is 24.3 Å². The van der Waals surface area contributed by atoms with E-state index < -0.39 is 12.1 Å². The van der Waals surface area contributed by atoms with Crippen molar-refractivity contribution in [2.75, 3.05) is 19.7 Å². The summed E-state index contributed by atoms with van der Waals surface area (Å²) >= 11 is 0. The van der Waals surface area contributed by atoms with E-state index in [1.54, 1.807) is 24.3 Å². The average molecular weight is 295 g/mol. The Labute approximate surface area is 121 Å². The fourth-order valence-electron chi connectivity index (χ4n) is 2.17. The van der Waals surface area contributed by atoms with Crippen LogP contribution in [-0.2, 0) is 4.79 Å². The molecule has 2 atom stereocenters. The molecular weight excluding hydrogens is 277 g/mol. The number of nitrogens with two attached hydrogens (primary N) is 1. The molecule has 0 aliphatic carbocycles. The summed E-state index contributed by atoms with van der Waals surface area (Å²) in [5, 5.41) is 5.71. The average Bonchev–Trinajstić information content (AvgIpc) is 2.88. The van der Waals surface area contributed by atoms with Crippen LogP contribution in [0.2, 0.25) is 0 Å². The standard InChI is InChI=1S/C14H18FN3O3/c15-9-5-10(17-6-9)7-18-14(20)11-3-1-2-4-12(11)21-8-13(16)19/h1-4,9-10,17H,5-8H2,(H2,16,19)(H,18,20)/t9-,10-/m0/s1. The third kappa shape index (κ3) is 4.42. The smallest absolute Gasteiger partial charge is 0.255 e. The number of para-hydroxylation sites is 1. The zero-order valence-corrected chi connectivity index (χ0v) is 11.5. The van der Waals surface area contributed by atoms with Gasteiger partial charge in [-0.15, -0.1) is 0 Å². The first-order valence-electron chi connectivity index (χ1n) is 6.72. The van der Waals surface area contributed by atoms with Crippen molar-refractivity contribution in [3.8, 4) is 5.75 Å². The van der Waals surface area contributed by atoms with Gasteiger partial charge in [-0.25, -0.2) is 4.39 Å². The monoisotopic (exact) mass is 295 g/mol. The lowest BCUT2D eigenvalue weighted by Crippen LogP contribution is -2.37. The molecule has 0 radical (unpaired) electrons. The number of carbonyl (C=O) groups is 2. The van der Waals surface area contributed by atoms with Crippen molar-refractivity contribution in [3.05, 3.63) is 29.8 Å². The molecule has 1 aromatic carbocycles. The third-order valence-corrected chi connectivity index (χ3v) is 3.18. The highest BCUT2D eigenvalue weighted by molar-refractivity contribution is 5.97. The van der Waals surface area contributed by atoms with Crippen molar-refractivity contribution in [1.82, 2.24) is 10.6 Å². The summed E-state index contributed by atoms with van der Waals surface area (Å²) in [5.74, 6) is -0.662. The molecule has 1 aliphatic heterocycles. The predicted octanol–water partition coefficient (Wildman–Crippen LogP) is -0.0195. The second-order valence-electron chi connectivity index (χ2n) is 4.90. The Hall–Kier alpha value is -2.15. The van der Waals surface area contributed by atoms with Crippen LogP contribution in [0.25, 0.3) is 0 Å². The number of amides is 2. The van der Waals surface area contributed by atoms with Crippen LogP contribution in [0.4, 0.5) is 4.39 Å². The minimum Gasteiger partial charge on any atom is -0.483 e. The Kier molecular flexibility index (Phi) is 5.10. The number of ether oxygens (including phenoxy) is 1. The Bertz CT molecular complexity index is 524. The number of halogens is 1. The molecule has 4 N–H and O–H groups in total. The van der Waals surface area contributed by atoms with Crippen molar-refractivity contribution < 1.29 is 18.7 Å². The summed E-state index contributed by atoms with van der Waals surface area (Å²) in [4.78, 5) is 22.9. The number of alkyl halides is 1. The van der Waals surface area contributed by atoms with Gasteiger partial charge in [0.05, 0.1) is 5.56 Å². The lowest BCUT2D eigenvalue weighted by atomic mass is 10.1. The molecular formula is C14H18FN3O3. The lowest BCUT2D eigenvalue weighted by molar-refractivity contribution is -0.119. The van der Waals surface area contributed by atoms with E-state index in [2.05, 4.69) is 10.6 Å². The molecule has 2 amide bonds. The van der Waals surface area contributed by atoms with Crippen LogP contribution >= 0.6 is 0 Å². The predicted molar refractivity (Wildman–Crippen MR) is 74.8 cm³/mol. The first-order valence-corrected chi connectivity index (χ1v) is 6.72. The zero-order chi connectivity index (χ0) is 15.2. The molecule has 0 unspecified atom stereocenters. The summed E-state index contributed by atoms with van der Waals surface area (Å²) in [6.07, 6.45) is -0.474. The fraction of sp³-hybridized carbons (Fsp3) is 0.429. The molecule has 0 aromatic heterocycles. The molecule has 1 saturated heterocycles. The zero-order valence-electron chi connectivity index (χ0n) is 11.5. The van der Waals surface area contributed by atoms with Crippen molar-refractivity contribution in [2.45, 2.75) is 18.6 Å². The Morgan fingerprint density at radius 2 is 2.19 bits per heavy atom. The quantitative estimate of drug-likeness (QED) is 0.687. The van der Waals surface area contributed by atoms with E-state index in [4.69, 9.17) is 10.5 Å². The molecule has 21 heavy (non-hydrogen) atoms. The lowest BCUT2D eigenvalue weighted by Gasteiger charge is -2.13. The molecule has 1 fully saturated rings. The van der Waals surface area contributed by atoms with Crippen molar-refractivity contribution >= 4 is 11.8 Å². The van der Waals surface area contributed by atoms with E-state index >= 15 is 0 Å². The van der Waals surface area contributed by atoms with Gasteiger partial charge >= 0.3 is 0 Å². The van der Waals surface area contributed by atoms with E-state index in [9.17, 15) is 14.0 Å². The number of hydrogen-bond acceptors (Lipinski definition) is 4. The Morgan fingerprint density at radius 3 is 2.86 bits per heavy atom. The summed E-state index contributed by atoms with van der Waals surface area (Å²) in [5.41, 5.74) is 5.33. The number of nitrogens with one attached hydrogen (secondary N) is 2. The number of benzene rings is 1. The maximum absolute atomic E-state index is 13.0. The SMILES string of the molecule is NC(=O)COc1ccccc1C(=O)NC[C@@H]1C[C@H](F)CN1. The van der Waals surface area contributed by atoms with Crippen LogP contribution in [0, 0.1) is 0 Å². The van der Waals surface area contributed by atoms with Gasteiger partial charge in [0, 0.05) is 19.1 Å². The minimum atomic E-state index is -0.863. The molecule has 0 spiro atoms. The Balaban J connectivity index is 1.93. The Morgan fingerprint density at radius 1 is 1.43 bits per heavy atom. The van der Waals surface area contributed by atoms with Gasteiger partial charge in [-0.05, 0) is 18.6 Å². The summed E-state index contributed by atoms with van der Waals surface area (Å²) in [6.45, 7) is 0.361. The van der Waals surface area contributed by atoms with E-state index in [1.165, 1.54) is 0 Å². The molecule has 0 bridgehead atoms. The van der Waals surface area contributed by atoms with Crippen LogP contribution in [-0.4, -0.2) is 43.7 Å². The maximum Gasteiger partial charge on any atom is 0.255 e. The van der Waals surface area contributed by atoms with Crippen LogP contribution in [0.3, 0.4) is 0 Å². The van der Waals surface area contributed by atoms with Crippen LogP contribution in [0.1, 0.15) is 16.8 Å². The van der Waals surface area contributed by atoms with Crippen LogP contribution in [0.5, 0.6) is 5.75 Å². The number of carbonyl (C=O) groups excluding carboxylic acids is 2. The molecule has 6 nitrogen and oxygen atoms in total. The molecule has 1 aromatic rings. The highest BCUT2D eigenvalue weighted by atomic mass is 19.1. The third-order valence-electron chi connectivity index (χ3n) is 3.18. The number of primary amides is 1. The van der Waals surface area contributed by atoms with Gasteiger partial charge in [0.1, 0.15) is 11.9 Å². The molecule has 1 heterocycles. The van der Waals surface area contributed by atoms with Crippen LogP contribution < -0.4 is 21.1 Å². The summed E-state index contributed by atoms with van der Waals surface area (Å²) < 4.78 is 18.2. The van der Waals surface area contributed by atoms with E-state index in [0.29, 0.717) is 25.1 Å². The van der Waals surface area contributed by atoms with Gasteiger partial charge in [0.15, 0.2) is 6.61 Å². The molecule has 114 valence electrons. The van der Waals surface area contributed by atoms with Crippen molar-refractivity contribution in [3.63, 3.8) is 0 Å². The van der Waals surface area contributed by atoms with Gasteiger partial charge in [-0.1, -0.05) is 12.1 Å². The van der Waals surface area contributed by atoms with E-state index in [0.717, 1.165) is 0 Å². The molecule has 1 aliphatic rings. The number of hydrogen-bond donors (Lipinski definition) is 3. The van der Waals surface area contributed by atoms with E-state index in [1.807, 2.05) is 0 Å². The van der Waals surface area contributed by atoms with Gasteiger partial charge in [-0.2, -0.15) is 0 Å². The molecule has 2 rings (SSSR count). The summed E-state index contributed by atoms with van der Waals surface area (Å²) in [6, 6.07) is 6.49. The second kappa shape index (κ2) is 7.03. The highest BCUT2D eigenvalue weighted by Gasteiger charge is 2.24. The van der Waals surface area contributed by atoms with Crippen molar-refractivity contribution in [1.29, 1.82) is 0 Å². The topological polar surface area (TPSA) is 93.5 Å². The largest absolute Gasteiger partial charge is 0.483 e. The summed E-state index contributed by atoms with van der Waals surface area (Å²) in [7, 11) is 0. The minimum absolute atomic E-state index is 0.0670. The molecule has 7 heteroatoms.